The molecule has 2 aromatic carbocycles. The molecular formula is C24H22Cl2N6O2. The van der Waals surface area contributed by atoms with Gasteiger partial charge in [-0.1, -0.05) is 35.3 Å². The number of nitrogens with two attached hydrogens (primary N) is 1. The quantitative estimate of drug-likeness (QED) is 0.364. The highest BCUT2D eigenvalue weighted by molar-refractivity contribution is 6.42. The van der Waals surface area contributed by atoms with Gasteiger partial charge in [0.15, 0.2) is 0 Å². The fraction of sp³-hybridized carbons (Fsp3) is 0.208. The Balaban J connectivity index is 1.34. The molecule has 5 rings (SSSR count). The minimum Gasteiger partial charge on any atom is -0.397 e. The first-order chi connectivity index (χ1) is 16.4. The maximum Gasteiger partial charge on any atom is 0.326 e. The lowest BCUT2D eigenvalue weighted by atomic mass is 10.0. The Labute approximate surface area is 205 Å². The van der Waals surface area contributed by atoms with Gasteiger partial charge in [-0.2, -0.15) is 0 Å². The molecule has 4 aromatic rings. The number of fused-ring (bicyclic) bond motifs is 1. The van der Waals surface area contributed by atoms with Gasteiger partial charge in [-0.25, -0.2) is 9.59 Å². The number of benzene rings is 2. The standard InChI is InChI=1S/C24H22Cl2N6O2/c25-19-5-4-16(11-20(19)26)29-23(33)31-8-6-17(7-9-31)32-21-3-1-2-18(22(21)30-24(32)34)14-10-15(27)13-28-12-14/h1-5,10-13,17H,6-9,27H2,(H,29,33)(H,30,34). The normalized spacial score (nSPS) is 14.5. The maximum atomic E-state index is 13.0. The van der Waals surface area contributed by atoms with Crippen LogP contribution in [0.3, 0.4) is 0 Å². The summed E-state index contributed by atoms with van der Waals surface area (Å²) in [4.78, 5) is 34.6. The molecule has 2 amide bonds. The second-order valence-electron chi connectivity index (χ2n) is 8.28. The lowest BCUT2D eigenvalue weighted by molar-refractivity contribution is 0.184. The summed E-state index contributed by atoms with van der Waals surface area (Å²) in [5.41, 5.74) is 10.2. The monoisotopic (exact) mass is 496 g/mol. The van der Waals surface area contributed by atoms with Crippen LogP contribution in [0.5, 0.6) is 0 Å². The van der Waals surface area contributed by atoms with E-state index in [0.717, 1.165) is 22.2 Å². The van der Waals surface area contributed by atoms with Crippen molar-refractivity contribution in [2.75, 3.05) is 24.1 Å². The third-order valence-electron chi connectivity index (χ3n) is 6.11. The van der Waals surface area contributed by atoms with Crippen LogP contribution in [-0.4, -0.2) is 38.6 Å². The Bertz CT molecular complexity index is 1440. The summed E-state index contributed by atoms with van der Waals surface area (Å²) in [5.74, 6) is 0. The number of imidazole rings is 1. The highest BCUT2D eigenvalue weighted by atomic mass is 35.5. The van der Waals surface area contributed by atoms with Crippen molar-refractivity contribution in [1.29, 1.82) is 0 Å². The highest BCUT2D eigenvalue weighted by Crippen LogP contribution is 2.31. The van der Waals surface area contributed by atoms with E-state index in [1.165, 1.54) is 0 Å². The molecule has 8 nitrogen and oxygen atoms in total. The zero-order valence-corrected chi connectivity index (χ0v) is 19.6. The van der Waals surface area contributed by atoms with E-state index >= 15 is 0 Å². The predicted octanol–water partition coefficient (Wildman–Crippen LogP) is 5.15. The summed E-state index contributed by atoms with van der Waals surface area (Å²) >= 11 is 12.0. The van der Waals surface area contributed by atoms with Gasteiger partial charge < -0.3 is 20.9 Å². The zero-order valence-electron chi connectivity index (χ0n) is 18.1. The number of piperidine rings is 1. The number of amides is 2. The molecular weight excluding hydrogens is 475 g/mol. The maximum absolute atomic E-state index is 13.0. The van der Waals surface area contributed by atoms with Crippen LogP contribution in [0.1, 0.15) is 18.9 Å². The molecule has 0 aliphatic carbocycles. The number of likely N-dealkylation sites (tertiary alicyclic amines) is 1. The molecule has 3 heterocycles. The molecule has 0 radical (unpaired) electrons. The minimum atomic E-state index is -0.209. The summed E-state index contributed by atoms with van der Waals surface area (Å²) in [7, 11) is 0. The number of urea groups is 1. The number of aromatic nitrogens is 3. The number of halogens is 2. The Morgan fingerprint density at radius 3 is 2.62 bits per heavy atom. The Morgan fingerprint density at radius 1 is 1.09 bits per heavy atom. The van der Waals surface area contributed by atoms with Crippen molar-refractivity contribution in [1.82, 2.24) is 19.4 Å². The van der Waals surface area contributed by atoms with Crippen molar-refractivity contribution in [3.63, 3.8) is 0 Å². The van der Waals surface area contributed by atoms with Gasteiger partial charge in [-0.05, 0) is 43.2 Å². The lowest BCUT2D eigenvalue weighted by Gasteiger charge is -2.32. The van der Waals surface area contributed by atoms with E-state index in [9.17, 15) is 9.59 Å². The first-order valence-electron chi connectivity index (χ1n) is 10.9. The molecule has 1 aliphatic heterocycles. The summed E-state index contributed by atoms with van der Waals surface area (Å²) in [6, 6.07) is 12.4. The van der Waals surface area contributed by atoms with Crippen molar-refractivity contribution >= 4 is 51.6 Å². The van der Waals surface area contributed by atoms with Crippen LogP contribution in [0.25, 0.3) is 22.2 Å². The van der Waals surface area contributed by atoms with Gasteiger partial charge in [0.25, 0.3) is 0 Å². The van der Waals surface area contributed by atoms with Crippen molar-refractivity contribution in [3.8, 4) is 11.1 Å². The third-order valence-corrected chi connectivity index (χ3v) is 6.85. The topological polar surface area (TPSA) is 109 Å². The number of carbonyl (C=O) groups is 1. The van der Waals surface area contributed by atoms with E-state index < -0.39 is 0 Å². The van der Waals surface area contributed by atoms with Gasteiger partial charge in [0.1, 0.15) is 0 Å². The summed E-state index contributed by atoms with van der Waals surface area (Å²) in [6.45, 7) is 1.05. The molecule has 34 heavy (non-hydrogen) atoms. The smallest absolute Gasteiger partial charge is 0.326 e. The van der Waals surface area contributed by atoms with Crippen LogP contribution in [0.2, 0.25) is 10.0 Å². The van der Waals surface area contributed by atoms with Crippen LogP contribution in [-0.2, 0) is 0 Å². The third kappa shape index (κ3) is 4.22. The number of rotatable bonds is 3. The van der Waals surface area contributed by atoms with Crippen LogP contribution >= 0.6 is 23.2 Å². The number of H-pyrrole nitrogens is 1. The second-order valence-corrected chi connectivity index (χ2v) is 9.10. The Hall–Kier alpha value is -3.49. The van der Waals surface area contributed by atoms with Gasteiger partial charge in [0, 0.05) is 48.3 Å². The molecule has 4 N–H and O–H groups in total. The number of nitrogens with zero attached hydrogens (tertiary/aromatic N) is 3. The van der Waals surface area contributed by atoms with E-state index in [1.54, 1.807) is 40.1 Å². The van der Waals surface area contributed by atoms with Gasteiger partial charge in [0.2, 0.25) is 0 Å². The van der Waals surface area contributed by atoms with Crippen LogP contribution in [0, 0.1) is 0 Å². The van der Waals surface area contributed by atoms with Crippen molar-refractivity contribution in [2.24, 2.45) is 0 Å². The summed E-state index contributed by atoms with van der Waals surface area (Å²) in [6.07, 6.45) is 4.63. The number of carbonyl (C=O) groups excluding carboxylic acids is 1. The van der Waals surface area contributed by atoms with E-state index in [1.807, 2.05) is 24.3 Å². The lowest BCUT2D eigenvalue weighted by Crippen LogP contribution is -2.42. The Morgan fingerprint density at radius 2 is 1.88 bits per heavy atom. The summed E-state index contributed by atoms with van der Waals surface area (Å²) < 4.78 is 1.80. The van der Waals surface area contributed by atoms with Crippen LogP contribution in [0.15, 0.2) is 59.7 Å². The number of anilines is 2. The first kappa shape index (κ1) is 22.3. The van der Waals surface area contributed by atoms with Gasteiger partial charge in [0.05, 0.1) is 26.8 Å². The minimum absolute atomic E-state index is 0.0236. The molecule has 0 atom stereocenters. The second kappa shape index (κ2) is 9.04. The van der Waals surface area contributed by atoms with Crippen molar-refractivity contribution in [2.45, 2.75) is 18.9 Å². The number of pyridine rings is 1. The van der Waals surface area contributed by atoms with Gasteiger partial charge in [-0.15, -0.1) is 0 Å². The molecule has 0 unspecified atom stereocenters. The van der Waals surface area contributed by atoms with E-state index in [2.05, 4.69) is 15.3 Å². The average molecular weight is 497 g/mol. The summed E-state index contributed by atoms with van der Waals surface area (Å²) in [5, 5.41) is 3.66. The SMILES string of the molecule is Nc1cncc(-c2cccc3c2[nH]c(=O)n3C2CCN(C(=O)Nc3ccc(Cl)c(Cl)c3)CC2)c1. The number of hydrogen-bond donors (Lipinski definition) is 3. The van der Waals surface area contributed by atoms with Crippen LogP contribution in [0.4, 0.5) is 16.2 Å². The number of nitrogens with one attached hydrogen (secondary N) is 2. The number of para-hydroxylation sites is 1. The van der Waals surface area contributed by atoms with Crippen LogP contribution < -0.4 is 16.7 Å². The molecule has 1 aliphatic rings. The zero-order chi connectivity index (χ0) is 23.8. The fourth-order valence-electron chi connectivity index (χ4n) is 4.46. The largest absolute Gasteiger partial charge is 0.397 e. The molecule has 2 aromatic heterocycles. The molecule has 1 fully saturated rings. The fourth-order valence-corrected chi connectivity index (χ4v) is 4.76. The van der Waals surface area contributed by atoms with E-state index in [0.29, 0.717) is 47.4 Å². The molecule has 0 bridgehead atoms. The van der Waals surface area contributed by atoms with E-state index in [4.69, 9.17) is 28.9 Å². The number of nitrogen functional groups attached to an aromatic ring is 1. The highest BCUT2D eigenvalue weighted by Gasteiger charge is 2.26. The Kier molecular flexibility index (Phi) is 5.93. The predicted molar refractivity (Wildman–Crippen MR) is 136 cm³/mol. The molecule has 0 spiro atoms. The average Bonchev–Trinajstić information content (AvgIpc) is 3.17. The molecule has 0 saturated carbocycles. The molecule has 174 valence electrons. The van der Waals surface area contributed by atoms with Gasteiger partial charge >= 0.3 is 11.7 Å². The first-order valence-corrected chi connectivity index (χ1v) is 11.6. The molecule has 10 heteroatoms. The van der Waals surface area contributed by atoms with E-state index in [-0.39, 0.29) is 17.8 Å². The van der Waals surface area contributed by atoms with Crippen molar-refractivity contribution < 1.29 is 4.79 Å². The van der Waals surface area contributed by atoms with Gasteiger partial charge in [-0.3, -0.25) is 9.55 Å². The number of aromatic amines is 1. The number of hydrogen-bond acceptors (Lipinski definition) is 4. The molecule has 1 saturated heterocycles. The van der Waals surface area contributed by atoms with Crippen molar-refractivity contribution in [3.05, 3.63) is 75.4 Å².